The van der Waals surface area contributed by atoms with Crippen molar-refractivity contribution in [3.8, 4) is 11.5 Å². The molecular weight excluding hydrogens is 424 g/mol. The van der Waals surface area contributed by atoms with E-state index < -0.39 is 5.63 Å². The van der Waals surface area contributed by atoms with Crippen LogP contribution in [0.1, 0.15) is 5.56 Å². The first-order valence-corrected chi connectivity index (χ1v) is 10.4. The maximum Gasteiger partial charge on any atom is 0.351 e. The van der Waals surface area contributed by atoms with Crippen molar-refractivity contribution < 1.29 is 4.42 Å². The van der Waals surface area contributed by atoms with Crippen molar-refractivity contribution in [1.29, 1.82) is 0 Å². The standard InChI is InChI=1S/C25H15ClN4O2/c26-17-12-10-16(11-13-17)24-29-22-20(25(31)32-24)21-23(28-19-9-5-4-8-18(19)27-21)30(22)14-15-6-2-1-3-7-15/h1-13H,14H2. The van der Waals surface area contributed by atoms with E-state index in [0.29, 0.717) is 44.8 Å². The lowest BCUT2D eigenvalue weighted by Gasteiger charge is -2.07. The molecule has 7 heteroatoms. The van der Waals surface area contributed by atoms with Crippen LogP contribution in [0.5, 0.6) is 0 Å². The zero-order chi connectivity index (χ0) is 21.7. The summed E-state index contributed by atoms with van der Waals surface area (Å²) in [5.74, 6) is 0.223. The van der Waals surface area contributed by atoms with Gasteiger partial charge in [0.1, 0.15) is 10.9 Å². The molecule has 0 atom stereocenters. The Bertz CT molecular complexity index is 1670. The van der Waals surface area contributed by atoms with Gasteiger partial charge < -0.3 is 8.98 Å². The Kier molecular flexibility index (Phi) is 4.26. The summed E-state index contributed by atoms with van der Waals surface area (Å²) in [6.45, 7) is 0.490. The second-order valence-electron chi connectivity index (χ2n) is 7.47. The number of nitrogens with zero attached hydrogens (tertiary/aromatic N) is 4. The van der Waals surface area contributed by atoms with E-state index in [2.05, 4.69) is 0 Å². The van der Waals surface area contributed by atoms with Crippen LogP contribution in [-0.2, 0) is 6.54 Å². The van der Waals surface area contributed by atoms with E-state index in [1.54, 1.807) is 24.3 Å². The third kappa shape index (κ3) is 3.04. The number of hydrogen-bond acceptors (Lipinski definition) is 5. The molecule has 0 saturated carbocycles. The third-order valence-corrected chi connectivity index (χ3v) is 5.65. The topological polar surface area (TPSA) is 73.8 Å². The molecule has 0 saturated heterocycles. The molecule has 0 spiro atoms. The van der Waals surface area contributed by atoms with Gasteiger partial charge in [-0.2, -0.15) is 4.98 Å². The monoisotopic (exact) mass is 438 g/mol. The van der Waals surface area contributed by atoms with Crippen LogP contribution in [0.2, 0.25) is 5.02 Å². The molecule has 0 aliphatic heterocycles. The quantitative estimate of drug-likeness (QED) is 0.367. The van der Waals surface area contributed by atoms with Gasteiger partial charge in [0.25, 0.3) is 0 Å². The number of rotatable bonds is 3. The number of halogens is 1. The molecule has 0 aliphatic carbocycles. The van der Waals surface area contributed by atoms with Gasteiger partial charge in [0.15, 0.2) is 11.3 Å². The fraction of sp³-hybridized carbons (Fsp3) is 0.0400. The van der Waals surface area contributed by atoms with E-state index in [1.807, 2.05) is 59.2 Å². The minimum atomic E-state index is -0.499. The summed E-state index contributed by atoms with van der Waals surface area (Å²) in [4.78, 5) is 27.4. The molecule has 0 radical (unpaired) electrons. The Balaban J connectivity index is 1.70. The van der Waals surface area contributed by atoms with Crippen molar-refractivity contribution >= 4 is 44.8 Å². The molecule has 3 aromatic heterocycles. The average molecular weight is 439 g/mol. The van der Waals surface area contributed by atoms with Gasteiger partial charge in [0, 0.05) is 10.6 Å². The zero-order valence-corrected chi connectivity index (χ0v) is 17.5. The summed E-state index contributed by atoms with van der Waals surface area (Å²) >= 11 is 6.01. The van der Waals surface area contributed by atoms with Crippen LogP contribution in [0, 0.1) is 0 Å². The Hall–Kier alpha value is -4.03. The zero-order valence-electron chi connectivity index (χ0n) is 16.7. The summed E-state index contributed by atoms with van der Waals surface area (Å²) < 4.78 is 7.54. The SMILES string of the molecule is O=c1oc(-c2ccc(Cl)cc2)nc2c1c1nc3ccccc3nc1n2Cc1ccccc1. The van der Waals surface area contributed by atoms with E-state index in [-0.39, 0.29) is 5.89 Å². The van der Waals surface area contributed by atoms with Gasteiger partial charge in [-0.15, -0.1) is 0 Å². The number of benzene rings is 3. The molecule has 0 N–H and O–H groups in total. The van der Waals surface area contributed by atoms with Gasteiger partial charge in [0.2, 0.25) is 5.89 Å². The van der Waals surface area contributed by atoms with Gasteiger partial charge in [-0.25, -0.2) is 14.8 Å². The molecule has 6 rings (SSSR count). The minimum absolute atomic E-state index is 0.223. The lowest BCUT2D eigenvalue weighted by atomic mass is 10.2. The van der Waals surface area contributed by atoms with E-state index in [1.165, 1.54) is 0 Å². The lowest BCUT2D eigenvalue weighted by Crippen LogP contribution is -2.06. The molecule has 6 aromatic rings. The highest BCUT2D eigenvalue weighted by Crippen LogP contribution is 2.28. The van der Waals surface area contributed by atoms with Gasteiger partial charge >= 0.3 is 5.63 Å². The normalized spacial score (nSPS) is 11.5. The van der Waals surface area contributed by atoms with E-state index in [4.69, 9.17) is 31.0 Å². The molecular formula is C25H15ClN4O2. The lowest BCUT2D eigenvalue weighted by molar-refractivity contribution is 0.517. The average Bonchev–Trinajstić information content (AvgIpc) is 3.11. The van der Waals surface area contributed by atoms with Crippen molar-refractivity contribution in [3.05, 3.63) is 99.9 Å². The maximum absolute atomic E-state index is 13.1. The molecule has 0 amide bonds. The van der Waals surface area contributed by atoms with Gasteiger partial charge in [0.05, 0.1) is 17.6 Å². The molecule has 6 nitrogen and oxygen atoms in total. The summed E-state index contributed by atoms with van der Waals surface area (Å²) in [7, 11) is 0. The molecule has 0 bridgehead atoms. The fourth-order valence-electron chi connectivity index (χ4n) is 3.88. The van der Waals surface area contributed by atoms with Crippen LogP contribution in [0.15, 0.2) is 88.1 Å². The van der Waals surface area contributed by atoms with Crippen LogP contribution in [0.25, 0.3) is 44.7 Å². The predicted octanol–water partition coefficient (Wildman–Crippen LogP) is 5.45. The fourth-order valence-corrected chi connectivity index (χ4v) is 4.01. The van der Waals surface area contributed by atoms with Crippen LogP contribution in [-0.4, -0.2) is 19.5 Å². The molecule has 0 aliphatic rings. The van der Waals surface area contributed by atoms with Crippen molar-refractivity contribution in [2.75, 3.05) is 0 Å². The second kappa shape index (κ2) is 7.28. The number of hydrogen-bond donors (Lipinski definition) is 0. The largest absolute Gasteiger partial charge is 0.403 e. The first-order valence-electron chi connectivity index (χ1n) is 10.1. The highest BCUT2D eigenvalue weighted by Gasteiger charge is 2.21. The Morgan fingerprint density at radius 2 is 1.47 bits per heavy atom. The smallest absolute Gasteiger partial charge is 0.351 e. The molecule has 3 heterocycles. The predicted molar refractivity (Wildman–Crippen MR) is 125 cm³/mol. The first kappa shape index (κ1) is 18.7. The number of para-hydroxylation sites is 2. The van der Waals surface area contributed by atoms with Gasteiger partial charge in [-0.05, 0) is 42.0 Å². The van der Waals surface area contributed by atoms with Crippen molar-refractivity contribution in [2.45, 2.75) is 6.54 Å². The summed E-state index contributed by atoms with van der Waals surface area (Å²) in [5, 5.41) is 0.919. The second-order valence-corrected chi connectivity index (χ2v) is 7.90. The highest BCUT2D eigenvalue weighted by atomic mass is 35.5. The molecule has 32 heavy (non-hydrogen) atoms. The van der Waals surface area contributed by atoms with Gasteiger partial charge in [-0.1, -0.05) is 54.1 Å². The van der Waals surface area contributed by atoms with Crippen LogP contribution < -0.4 is 5.63 Å². The first-order chi connectivity index (χ1) is 15.7. The summed E-state index contributed by atoms with van der Waals surface area (Å²) in [6, 6.07) is 24.6. The van der Waals surface area contributed by atoms with Crippen LogP contribution >= 0.6 is 11.6 Å². The Morgan fingerprint density at radius 3 is 2.22 bits per heavy atom. The number of aromatic nitrogens is 4. The van der Waals surface area contributed by atoms with Crippen molar-refractivity contribution in [2.24, 2.45) is 0 Å². The Labute approximate surface area is 186 Å². The third-order valence-electron chi connectivity index (χ3n) is 5.40. The highest BCUT2D eigenvalue weighted by molar-refractivity contribution is 6.30. The van der Waals surface area contributed by atoms with E-state index in [9.17, 15) is 4.79 Å². The Morgan fingerprint density at radius 1 is 0.781 bits per heavy atom. The van der Waals surface area contributed by atoms with Crippen LogP contribution in [0.4, 0.5) is 0 Å². The van der Waals surface area contributed by atoms with E-state index in [0.717, 1.165) is 11.1 Å². The molecule has 154 valence electrons. The molecule has 3 aromatic carbocycles. The minimum Gasteiger partial charge on any atom is -0.403 e. The van der Waals surface area contributed by atoms with Crippen LogP contribution in [0.3, 0.4) is 0 Å². The van der Waals surface area contributed by atoms with Gasteiger partial charge in [-0.3, -0.25) is 0 Å². The molecule has 0 unspecified atom stereocenters. The van der Waals surface area contributed by atoms with E-state index >= 15 is 0 Å². The summed E-state index contributed by atoms with van der Waals surface area (Å²) in [5.41, 5.74) is 4.25. The van der Waals surface area contributed by atoms with Crippen molar-refractivity contribution in [3.63, 3.8) is 0 Å². The maximum atomic E-state index is 13.1. The van der Waals surface area contributed by atoms with Crippen molar-refractivity contribution in [1.82, 2.24) is 19.5 Å². The summed E-state index contributed by atoms with van der Waals surface area (Å²) in [6.07, 6.45) is 0. The number of fused-ring (bicyclic) bond motifs is 4. The molecule has 0 fully saturated rings.